The Bertz CT molecular complexity index is 999. The molecule has 0 radical (unpaired) electrons. The van der Waals surface area contributed by atoms with Crippen LogP contribution in [0.5, 0.6) is 0 Å². The zero-order chi connectivity index (χ0) is 18.0. The molecule has 0 saturated heterocycles. The molecule has 2 aromatic carbocycles. The molecule has 0 aliphatic heterocycles. The van der Waals surface area contributed by atoms with Gasteiger partial charge in [0.05, 0.1) is 10.7 Å². The molecule has 0 atom stereocenters. The quantitative estimate of drug-likeness (QED) is 0.726. The summed E-state index contributed by atoms with van der Waals surface area (Å²) in [5.74, 6) is 0.0631. The first-order valence-corrected chi connectivity index (χ1v) is 8.00. The van der Waals surface area contributed by atoms with Crippen molar-refractivity contribution in [3.05, 3.63) is 75.3 Å². The van der Waals surface area contributed by atoms with Crippen LogP contribution < -0.4 is 5.73 Å². The van der Waals surface area contributed by atoms with Crippen LogP contribution in [0.2, 0.25) is 10.0 Å². The van der Waals surface area contributed by atoms with E-state index in [0.29, 0.717) is 32.7 Å². The summed E-state index contributed by atoms with van der Waals surface area (Å²) < 4.78 is 13.4. The SMILES string of the molecule is N#Cc1c(N)nc(Cc2cccc(F)c2)nc1-c1ccc(Cl)cc1Cl. The van der Waals surface area contributed by atoms with Crippen molar-refractivity contribution < 1.29 is 4.39 Å². The van der Waals surface area contributed by atoms with E-state index in [0.717, 1.165) is 0 Å². The van der Waals surface area contributed by atoms with Gasteiger partial charge in [0.2, 0.25) is 0 Å². The van der Waals surface area contributed by atoms with Gasteiger partial charge in [-0.05, 0) is 35.9 Å². The highest BCUT2D eigenvalue weighted by Crippen LogP contribution is 2.32. The summed E-state index contributed by atoms with van der Waals surface area (Å²) in [6, 6.07) is 13.0. The minimum Gasteiger partial charge on any atom is -0.382 e. The fourth-order valence-electron chi connectivity index (χ4n) is 2.42. The fourth-order valence-corrected chi connectivity index (χ4v) is 2.92. The molecule has 0 unspecified atom stereocenters. The number of nitrogens with zero attached hydrogens (tertiary/aromatic N) is 3. The molecule has 0 bridgehead atoms. The van der Waals surface area contributed by atoms with Crippen LogP contribution in [0.3, 0.4) is 0 Å². The molecule has 25 heavy (non-hydrogen) atoms. The molecule has 1 heterocycles. The van der Waals surface area contributed by atoms with Crippen LogP contribution in [-0.4, -0.2) is 9.97 Å². The Kier molecular flexibility index (Phi) is 4.84. The molecule has 124 valence electrons. The monoisotopic (exact) mass is 372 g/mol. The van der Waals surface area contributed by atoms with Crippen molar-refractivity contribution in [3.8, 4) is 17.3 Å². The Hall–Kier alpha value is -2.68. The van der Waals surface area contributed by atoms with Gasteiger partial charge in [0.15, 0.2) is 0 Å². The van der Waals surface area contributed by atoms with Gasteiger partial charge >= 0.3 is 0 Å². The molecule has 0 fully saturated rings. The normalized spacial score (nSPS) is 10.5. The van der Waals surface area contributed by atoms with Gasteiger partial charge in [-0.2, -0.15) is 5.26 Å². The third-order valence-electron chi connectivity index (χ3n) is 3.53. The molecule has 3 aromatic rings. The maximum atomic E-state index is 13.4. The second-order valence-electron chi connectivity index (χ2n) is 5.29. The van der Waals surface area contributed by atoms with Gasteiger partial charge in [-0.3, -0.25) is 0 Å². The number of rotatable bonds is 3. The molecule has 0 aliphatic rings. The van der Waals surface area contributed by atoms with E-state index in [1.165, 1.54) is 12.1 Å². The molecule has 7 heteroatoms. The van der Waals surface area contributed by atoms with E-state index in [2.05, 4.69) is 9.97 Å². The highest BCUT2D eigenvalue weighted by atomic mass is 35.5. The third-order valence-corrected chi connectivity index (χ3v) is 4.08. The van der Waals surface area contributed by atoms with Gasteiger partial charge in [-0.15, -0.1) is 0 Å². The average Bonchev–Trinajstić information content (AvgIpc) is 2.54. The average molecular weight is 373 g/mol. The topological polar surface area (TPSA) is 75.6 Å². The van der Waals surface area contributed by atoms with Crippen molar-refractivity contribution in [2.75, 3.05) is 5.73 Å². The summed E-state index contributed by atoms with van der Waals surface area (Å²) in [4.78, 5) is 8.58. The zero-order valence-electron chi connectivity index (χ0n) is 12.8. The third kappa shape index (κ3) is 3.71. The first kappa shape index (κ1) is 17.2. The number of nitriles is 1. The van der Waals surface area contributed by atoms with Gasteiger partial charge in [0, 0.05) is 17.0 Å². The lowest BCUT2D eigenvalue weighted by molar-refractivity contribution is 0.626. The highest BCUT2D eigenvalue weighted by Gasteiger charge is 2.17. The number of halogens is 3. The Labute approximate surface area is 153 Å². The van der Waals surface area contributed by atoms with Crippen molar-refractivity contribution in [2.45, 2.75) is 6.42 Å². The lowest BCUT2D eigenvalue weighted by atomic mass is 10.1. The lowest BCUT2D eigenvalue weighted by Gasteiger charge is -2.10. The summed E-state index contributed by atoms with van der Waals surface area (Å²) in [5.41, 5.74) is 7.59. The minimum absolute atomic E-state index is 0.0462. The van der Waals surface area contributed by atoms with E-state index in [-0.39, 0.29) is 23.6 Å². The number of hydrogen-bond donors (Lipinski definition) is 1. The van der Waals surface area contributed by atoms with Crippen LogP contribution in [0.25, 0.3) is 11.3 Å². The smallest absolute Gasteiger partial charge is 0.145 e. The molecular formula is C18H11Cl2FN4. The summed E-state index contributed by atoms with van der Waals surface area (Å²) in [5, 5.41) is 10.2. The Morgan fingerprint density at radius 2 is 1.92 bits per heavy atom. The van der Waals surface area contributed by atoms with Crippen molar-refractivity contribution in [3.63, 3.8) is 0 Å². The van der Waals surface area contributed by atoms with Crippen molar-refractivity contribution in [1.82, 2.24) is 9.97 Å². The number of benzene rings is 2. The van der Waals surface area contributed by atoms with Crippen LogP contribution in [0, 0.1) is 17.1 Å². The maximum absolute atomic E-state index is 13.4. The fraction of sp³-hybridized carbons (Fsp3) is 0.0556. The molecule has 1 aromatic heterocycles. The van der Waals surface area contributed by atoms with Crippen LogP contribution in [-0.2, 0) is 6.42 Å². The van der Waals surface area contributed by atoms with Crippen molar-refractivity contribution >= 4 is 29.0 Å². The molecule has 0 spiro atoms. The van der Waals surface area contributed by atoms with E-state index in [1.807, 2.05) is 6.07 Å². The number of anilines is 1. The molecule has 3 rings (SSSR count). The lowest BCUT2D eigenvalue weighted by Crippen LogP contribution is -2.06. The van der Waals surface area contributed by atoms with E-state index < -0.39 is 0 Å². The van der Waals surface area contributed by atoms with Crippen LogP contribution in [0.1, 0.15) is 17.0 Å². The molecule has 0 saturated carbocycles. The summed E-state index contributed by atoms with van der Waals surface area (Å²) in [6.45, 7) is 0. The second kappa shape index (κ2) is 7.06. The Balaban J connectivity index is 2.11. The van der Waals surface area contributed by atoms with Gasteiger partial charge in [0.25, 0.3) is 0 Å². The Morgan fingerprint density at radius 1 is 1.12 bits per heavy atom. The maximum Gasteiger partial charge on any atom is 0.145 e. The largest absolute Gasteiger partial charge is 0.382 e. The predicted molar refractivity (Wildman–Crippen MR) is 95.8 cm³/mol. The number of nitrogen functional groups attached to an aromatic ring is 1. The van der Waals surface area contributed by atoms with Gasteiger partial charge in [-0.25, -0.2) is 14.4 Å². The first-order chi connectivity index (χ1) is 12.0. The predicted octanol–water partition coefficient (Wildman–Crippen LogP) is 4.63. The van der Waals surface area contributed by atoms with E-state index in [4.69, 9.17) is 28.9 Å². The molecular weight excluding hydrogens is 362 g/mol. The van der Waals surface area contributed by atoms with Crippen molar-refractivity contribution in [1.29, 1.82) is 5.26 Å². The number of hydrogen-bond acceptors (Lipinski definition) is 4. The minimum atomic E-state index is -0.347. The van der Waals surface area contributed by atoms with Gasteiger partial charge in [-0.1, -0.05) is 35.3 Å². The summed E-state index contributed by atoms with van der Waals surface area (Å²) in [7, 11) is 0. The first-order valence-electron chi connectivity index (χ1n) is 7.24. The molecule has 0 aliphatic carbocycles. The number of aromatic nitrogens is 2. The molecule has 2 N–H and O–H groups in total. The van der Waals surface area contributed by atoms with Crippen LogP contribution >= 0.6 is 23.2 Å². The molecule has 0 amide bonds. The molecule has 4 nitrogen and oxygen atoms in total. The van der Waals surface area contributed by atoms with Crippen LogP contribution in [0.15, 0.2) is 42.5 Å². The second-order valence-corrected chi connectivity index (χ2v) is 6.13. The highest BCUT2D eigenvalue weighted by molar-refractivity contribution is 6.36. The summed E-state index contributed by atoms with van der Waals surface area (Å²) >= 11 is 12.2. The Morgan fingerprint density at radius 3 is 2.60 bits per heavy atom. The standard InChI is InChI=1S/C18H11Cl2FN4/c19-11-4-5-13(15(20)8-11)17-14(9-22)18(23)25-16(24-17)7-10-2-1-3-12(21)6-10/h1-6,8H,7H2,(H2,23,24,25). The van der Waals surface area contributed by atoms with E-state index in [1.54, 1.807) is 30.3 Å². The number of nitrogens with two attached hydrogens (primary N) is 1. The van der Waals surface area contributed by atoms with Gasteiger partial charge < -0.3 is 5.73 Å². The van der Waals surface area contributed by atoms with E-state index >= 15 is 0 Å². The summed E-state index contributed by atoms with van der Waals surface area (Å²) in [6.07, 6.45) is 0.270. The van der Waals surface area contributed by atoms with Gasteiger partial charge in [0.1, 0.15) is 29.1 Å². The van der Waals surface area contributed by atoms with Crippen LogP contribution in [0.4, 0.5) is 10.2 Å². The zero-order valence-corrected chi connectivity index (χ0v) is 14.3. The van der Waals surface area contributed by atoms with E-state index in [9.17, 15) is 9.65 Å². The van der Waals surface area contributed by atoms with Crippen molar-refractivity contribution in [2.24, 2.45) is 0 Å².